The highest BCUT2D eigenvalue weighted by atomic mass is 19.1. The van der Waals surface area contributed by atoms with Crippen LogP contribution in [0.1, 0.15) is 33.9 Å². The van der Waals surface area contributed by atoms with E-state index in [9.17, 15) is 14.0 Å². The number of likely N-dealkylation sites (N-methyl/N-ethyl adjacent to an activating group) is 1. The SMILES string of the molecule is COc1ccc(C2=NN(C(=O)CN(C)C(=O)c3cccc(F)c3)[C@H](c3ccccc3OC)C2)cc1. The monoisotopic (exact) mass is 475 g/mol. The number of hydrogen-bond acceptors (Lipinski definition) is 5. The van der Waals surface area contributed by atoms with Crippen LogP contribution in [0.3, 0.4) is 0 Å². The zero-order valence-corrected chi connectivity index (χ0v) is 19.8. The molecule has 8 heteroatoms. The second-order valence-electron chi connectivity index (χ2n) is 8.15. The molecule has 7 nitrogen and oxygen atoms in total. The molecule has 1 aliphatic rings. The van der Waals surface area contributed by atoms with Crippen LogP contribution in [0, 0.1) is 5.82 Å². The highest BCUT2D eigenvalue weighted by Crippen LogP contribution is 2.37. The van der Waals surface area contributed by atoms with Crippen LogP contribution in [0.4, 0.5) is 4.39 Å². The Labute approximate surface area is 203 Å². The summed E-state index contributed by atoms with van der Waals surface area (Å²) in [6.07, 6.45) is 0.472. The highest BCUT2D eigenvalue weighted by Gasteiger charge is 2.35. The van der Waals surface area contributed by atoms with E-state index in [1.54, 1.807) is 14.2 Å². The van der Waals surface area contributed by atoms with E-state index in [2.05, 4.69) is 5.10 Å². The number of hydrogen-bond donors (Lipinski definition) is 0. The molecule has 1 aliphatic heterocycles. The van der Waals surface area contributed by atoms with E-state index in [1.807, 2.05) is 48.5 Å². The Kier molecular flexibility index (Phi) is 7.10. The van der Waals surface area contributed by atoms with E-state index in [4.69, 9.17) is 9.47 Å². The maximum Gasteiger partial charge on any atom is 0.262 e. The molecule has 180 valence electrons. The predicted molar refractivity (Wildman–Crippen MR) is 130 cm³/mol. The average Bonchev–Trinajstić information content (AvgIpc) is 3.33. The molecule has 4 rings (SSSR count). The summed E-state index contributed by atoms with van der Waals surface area (Å²) in [5.41, 5.74) is 2.58. The Morgan fingerprint density at radius 2 is 1.77 bits per heavy atom. The van der Waals surface area contributed by atoms with E-state index in [1.165, 1.54) is 35.2 Å². The van der Waals surface area contributed by atoms with Crippen molar-refractivity contribution in [3.63, 3.8) is 0 Å². The summed E-state index contributed by atoms with van der Waals surface area (Å²) in [5, 5.41) is 6.06. The number of ether oxygens (including phenoxy) is 2. The quantitative estimate of drug-likeness (QED) is 0.511. The number of amides is 2. The number of carbonyl (C=O) groups is 2. The van der Waals surface area contributed by atoms with Crippen LogP contribution in [0.15, 0.2) is 77.9 Å². The Bertz CT molecular complexity index is 1260. The zero-order chi connectivity index (χ0) is 24.9. The van der Waals surface area contributed by atoms with Gasteiger partial charge in [0, 0.05) is 24.6 Å². The minimum Gasteiger partial charge on any atom is -0.497 e. The summed E-state index contributed by atoms with van der Waals surface area (Å²) < 4.78 is 24.4. The molecule has 0 unspecified atom stereocenters. The van der Waals surface area contributed by atoms with E-state index in [0.717, 1.165) is 28.7 Å². The van der Waals surface area contributed by atoms with Gasteiger partial charge >= 0.3 is 0 Å². The third-order valence-corrected chi connectivity index (χ3v) is 5.88. The number of nitrogens with zero attached hydrogens (tertiary/aromatic N) is 3. The van der Waals surface area contributed by atoms with Gasteiger partial charge in [0.05, 0.1) is 26.0 Å². The normalized spacial score (nSPS) is 14.9. The van der Waals surface area contributed by atoms with Crippen molar-refractivity contribution in [1.29, 1.82) is 0 Å². The number of rotatable bonds is 7. The van der Waals surface area contributed by atoms with Crippen LogP contribution in [0.2, 0.25) is 0 Å². The highest BCUT2D eigenvalue weighted by molar-refractivity contribution is 6.04. The molecule has 0 bridgehead atoms. The minimum absolute atomic E-state index is 0.172. The van der Waals surface area contributed by atoms with Crippen LogP contribution in [-0.2, 0) is 4.79 Å². The minimum atomic E-state index is -0.514. The van der Waals surface area contributed by atoms with Crippen molar-refractivity contribution in [3.05, 3.63) is 95.3 Å². The molecule has 35 heavy (non-hydrogen) atoms. The van der Waals surface area contributed by atoms with Crippen LogP contribution >= 0.6 is 0 Å². The van der Waals surface area contributed by atoms with Crippen molar-refractivity contribution in [2.24, 2.45) is 5.10 Å². The fourth-order valence-corrected chi connectivity index (χ4v) is 4.07. The van der Waals surface area contributed by atoms with E-state index in [-0.39, 0.29) is 18.0 Å². The predicted octanol–water partition coefficient (Wildman–Crippen LogP) is 4.29. The summed E-state index contributed by atoms with van der Waals surface area (Å²) in [4.78, 5) is 27.4. The molecule has 1 atom stereocenters. The van der Waals surface area contributed by atoms with Gasteiger partial charge in [-0.2, -0.15) is 5.10 Å². The Morgan fingerprint density at radius 3 is 2.46 bits per heavy atom. The second-order valence-corrected chi connectivity index (χ2v) is 8.15. The first-order valence-electron chi connectivity index (χ1n) is 11.1. The van der Waals surface area contributed by atoms with Gasteiger partial charge in [-0.15, -0.1) is 0 Å². The number of para-hydroxylation sites is 1. The van der Waals surface area contributed by atoms with Gasteiger partial charge in [-0.05, 0) is 54.1 Å². The van der Waals surface area contributed by atoms with Crippen LogP contribution in [0.25, 0.3) is 0 Å². The fraction of sp³-hybridized carbons (Fsp3) is 0.222. The van der Waals surface area contributed by atoms with E-state index < -0.39 is 17.8 Å². The lowest BCUT2D eigenvalue weighted by molar-refractivity contribution is -0.133. The molecule has 0 spiro atoms. The van der Waals surface area contributed by atoms with Crippen LogP contribution < -0.4 is 9.47 Å². The third-order valence-electron chi connectivity index (χ3n) is 5.88. The van der Waals surface area contributed by atoms with Gasteiger partial charge in [-0.25, -0.2) is 9.40 Å². The van der Waals surface area contributed by atoms with Crippen LogP contribution in [-0.4, -0.2) is 55.2 Å². The number of methoxy groups -OCH3 is 2. The average molecular weight is 476 g/mol. The molecule has 0 saturated carbocycles. The van der Waals surface area contributed by atoms with E-state index in [0.29, 0.717) is 12.2 Å². The van der Waals surface area contributed by atoms with Crippen molar-refractivity contribution in [3.8, 4) is 11.5 Å². The van der Waals surface area contributed by atoms with Crippen molar-refractivity contribution in [1.82, 2.24) is 9.91 Å². The van der Waals surface area contributed by atoms with Gasteiger partial charge in [0.1, 0.15) is 23.9 Å². The first kappa shape index (κ1) is 23.9. The summed E-state index contributed by atoms with van der Waals surface area (Å²) in [6, 6.07) is 19.9. The van der Waals surface area contributed by atoms with E-state index >= 15 is 0 Å². The zero-order valence-electron chi connectivity index (χ0n) is 19.8. The largest absolute Gasteiger partial charge is 0.497 e. The molecule has 3 aromatic carbocycles. The van der Waals surface area contributed by atoms with Crippen molar-refractivity contribution >= 4 is 17.5 Å². The number of carbonyl (C=O) groups excluding carboxylic acids is 2. The molecule has 1 heterocycles. The van der Waals surface area contributed by atoms with Gasteiger partial charge in [0.2, 0.25) is 0 Å². The summed E-state index contributed by atoms with van der Waals surface area (Å²) >= 11 is 0. The van der Waals surface area contributed by atoms with Gasteiger partial charge in [0.15, 0.2) is 0 Å². The van der Waals surface area contributed by atoms with Gasteiger partial charge < -0.3 is 14.4 Å². The maximum atomic E-state index is 13.6. The van der Waals surface area contributed by atoms with Crippen molar-refractivity contribution < 1.29 is 23.5 Å². The Balaban J connectivity index is 1.62. The standard InChI is InChI=1S/C27H26FN3O4/c1-30(27(33)19-7-6-8-20(28)15-19)17-26(32)31-24(22-9-4-5-10-25(22)35-3)16-23(29-31)18-11-13-21(34-2)14-12-18/h4-15,24H,16-17H2,1-3H3/t24-/m0/s1. The molecule has 2 amide bonds. The summed E-state index contributed by atoms with van der Waals surface area (Å²) in [7, 11) is 4.69. The molecular weight excluding hydrogens is 449 g/mol. The lowest BCUT2D eigenvalue weighted by Gasteiger charge is -2.26. The Hall–Kier alpha value is -4.20. The molecule has 0 saturated heterocycles. The topological polar surface area (TPSA) is 71.4 Å². The summed E-state index contributed by atoms with van der Waals surface area (Å²) in [6.45, 7) is -0.222. The van der Waals surface area contributed by atoms with Crippen molar-refractivity contribution in [2.75, 3.05) is 27.8 Å². The fourth-order valence-electron chi connectivity index (χ4n) is 4.07. The molecule has 0 fully saturated rings. The number of hydrazone groups is 1. The smallest absolute Gasteiger partial charge is 0.262 e. The first-order chi connectivity index (χ1) is 16.9. The molecule has 0 aromatic heterocycles. The lowest BCUT2D eigenvalue weighted by Crippen LogP contribution is -2.39. The Morgan fingerprint density at radius 1 is 1.03 bits per heavy atom. The second kappa shape index (κ2) is 10.4. The lowest BCUT2D eigenvalue weighted by atomic mass is 9.97. The number of benzene rings is 3. The molecule has 0 aliphatic carbocycles. The van der Waals surface area contributed by atoms with Gasteiger partial charge in [0.25, 0.3) is 11.8 Å². The molecule has 0 N–H and O–H groups in total. The van der Waals surface area contributed by atoms with Gasteiger partial charge in [-0.1, -0.05) is 24.3 Å². The molecule has 3 aromatic rings. The summed E-state index contributed by atoms with van der Waals surface area (Å²) in [5.74, 6) is 0.0340. The van der Waals surface area contributed by atoms with Crippen LogP contribution in [0.5, 0.6) is 11.5 Å². The molecule has 0 radical (unpaired) electrons. The third kappa shape index (κ3) is 5.16. The number of halogens is 1. The molecular formula is C27H26FN3O4. The maximum absolute atomic E-state index is 13.6. The van der Waals surface area contributed by atoms with Gasteiger partial charge in [-0.3, -0.25) is 9.59 Å². The van der Waals surface area contributed by atoms with Crippen molar-refractivity contribution in [2.45, 2.75) is 12.5 Å². The first-order valence-corrected chi connectivity index (χ1v) is 11.1.